The quantitative estimate of drug-likeness (QED) is 0.644. The van der Waals surface area contributed by atoms with Crippen molar-refractivity contribution in [1.82, 2.24) is 9.36 Å². The zero-order valence-corrected chi connectivity index (χ0v) is 17.2. The van der Waals surface area contributed by atoms with Crippen molar-refractivity contribution in [1.29, 1.82) is 0 Å². The van der Waals surface area contributed by atoms with Crippen LogP contribution in [0.3, 0.4) is 0 Å². The molecule has 7 heteroatoms. The van der Waals surface area contributed by atoms with Gasteiger partial charge in [0.1, 0.15) is 5.69 Å². The van der Waals surface area contributed by atoms with Gasteiger partial charge in [0.05, 0.1) is 11.4 Å². The van der Waals surface area contributed by atoms with Gasteiger partial charge in [0.15, 0.2) is 5.78 Å². The normalized spacial score (nSPS) is 10.9. The molecule has 0 saturated heterocycles. The van der Waals surface area contributed by atoms with Crippen LogP contribution in [0.15, 0.2) is 41.2 Å². The Bertz CT molecular complexity index is 1090. The van der Waals surface area contributed by atoms with E-state index in [1.165, 1.54) is 4.68 Å². The minimum Gasteiger partial charge on any atom is -0.320 e. The van der Waals surface area contributed by atoms with Gasteiger partial charge in [-0.05, 0) is 39.0 Å². The monoisotopic (exact) mass is 397 g/mol. The molecule has 0 radical (unpaired) electrons. The summed E-state index contributed by atoms with van der Waals surface area (Å²) >= 11 is 1.57. The van der Waals surface area contributed by atoms with Gasteiger partial charge in [-0.2, -0.15) is 0 Å². The number of nitrogens with zero attached hydrogens (tertiary/aromatic N) is 2. The van der Waals surface area contributed by atoms with Crippen molar-refractivity contribution < 1.29 is 9.59 Å². The Kier molecular flexibility index (Phi) is 5.65. The van der Waals surface area contributed by atoms with Crippen LogP contribution < -0.4 is 10.9 Å². The van der Waals surface area contributed by atoms with Crippen LogP contribution in [0, 0.1) is 20.8 Å². The smallest absolute Gasteiger partial charge is 0.295 e. The average Bonchev–Trinajstić information content (AvgIpc) is 3.11. The maximum Gasteiger partial charge on any atom is 0.295 e. The average molecular weight is 398 g/mol. The Balaban J connectivity index is 1.73. The SMILES string of the molecule is Cc1cc(C(=O)CCC(=O)Nc2c(C)n(C)n(-c3ccccc3)c2=O)c(C)s1. The molecule has 1 amide bonds. The molecule has 6 nitrogen and oxygen atoms in total. The van der Waals surface area contributed by atoms with Crippen molar-refractivity contribution in [3.63, 3.8) is 0 Å². The van der Waals surface area contributed by atoms with E-state index < -0.39 is 0 Å². The molecule has 3 rings (SSSR count). The molecule has 0 aliphatic heterocycles. The Hall–Kier alpha value is -2.93. The van der Waals surface area contributed by atoms with Crippen LogP contribution in [-0.4, -0.2) is 21.1 Å². The molecule has 2 aromatic heterocycles. The maximum absolute atomic E-state index is 12.8. The van der Waals surface area contributed by atoms with Gasteiger partial charge >= 0.3 is 0 Å². The third-order valence-electron chi connectivity index (χ3n) is 4.74. The third kappa shape index (κ3) is 3.84. The predicted molar refractivity (Wildman–Crippen MR) is 112 cm³/mol. The van der Waals surface area contributed by atoms with E-state index in [2.05, 4.69) is 5.32 Å². The molecule has 0 aliphatic rings. The van der Waals surface area contributed by atoms with Crippen LogP contribution in [0.5, 0.6) is 0 Å². The molecule has 0 aliphatic carbocycles. The minimum absolute atomic E-state index is 0.0340. The summed E-state index contributed by atoms with van der Waals surface area (Å²) < 4.78 is 3.21. The van der Waals surface area contributed by atoms with E-state index in [1.54, 1.807) is 30.0 Å². The van der Waals surface area contributed by atoms with Gasteiger partial charge in [0.25, 0.3) is 5.56 Å². The van der Waals surface area contributed by atoms with Crippen molar-refractivity contribution in [3.05, 3.63) is 67.8 Å². The molecule has 0 saturated carbocycles. The molecule has 2 heterocycles. The lowest BCUT2D eigenvalue weighted by atomic mass is 10.1. The molecule has 0 fully saturated rings. The summed E-state index contributed by atoms with van der Waals surface area (Å²) in [4.78, 5) is 39.6. The fraction of sp³-hybridized carbons (Fsp3) is 0.286. The van der Waals surface area contributed by atoms with Gasteiger partial charge < -0.3 is 5.32 Å². The van der Waals surface area contributed by atoms with Crippen molar-refractivity contribution in [2.24, 2.45) is 7.05 Å². The molecule has 1 N–H and O–H groups in total. The lowest BCUT2D eigenvalue weighted by Crippen LogP contribution is -2.23. The lowest BCUT2D eigenvalue weighted by Gasteiger charge is -2.07. The number of nitrogens with one attached hydrogen (secondary N) is 1. The standard InChI is InChI=1S/C21H23N3O3S/c1-13-12-17(15(3)28-13)18(25)10-11-19(26)22-20-14(2)23(4)24(21(20)27)16-8-6-5-7-9-16/h5-9,12H,10-11H2,1-4H3,(H,22,26). The Morgan fingerprint density at radius 1 is 1.07 bits per heavy atom. The highest BCUT2D eigenvalue weighted by Crippen LogP contribution is 2.22. The molecule has 0 unspecified atom stereocenters. The Labute approximate surface area is 167 Å². The van der Waals surface area contributed by atoms with E-state index in [0.717, 1.165) is 15.4 Å². The first-order chi connectivity index (χ1) is 13.3. The van der Waals surface area contributed by atoms with Crippen molar-refractivity contribution in [2.75, 3.05) is 5.32 Å². The van der Waals surface area contributed by atoms with Gasteiger partial charge in [-0.15, -0.1) is 11.3 Å². The van der Waals surface area contributed by atoms with Gasteiger partial charge in [0, 0.05) is 35.2 Å². The number of carbonyl (C=O) groups excluding carboxylic acids is 2. The Morgan fingerprint density at radius 3 is 2.36 bits per heavy atom. The number of aryl methyl sites for hydroxylation is 2. The largest absolute Gasteiger partial charge is 0.320 e. The highest BCUT2D eigenvalue weighted by molar-refractivity contribution is 7.12. The number of anilines is 1. The Morgan fingerprint density at radius 2 is 1.75 bits per heavy atom. The van der Waals surface area contributed by atoms with Crippen LogP contribution in [0.4, 0.5) is 5.69 Å². The van der Waals surface area contributed by atoms with E-state index in [9.17, 15) is 14.4 Å². The zero-order chi connectivity index (χ0) is 20.4. The molecule has 0 atom stereocenters. The first-order valence-corrected chi connectivity index (χ1v) is 9.85. The van der Waals surface area contributed by atoms with Crippen LogP contribution in [0.1, 0.15) is 38.6 Å². The fourth-order valence-electron chi connectivity index (χ4n) is 3.18. The fourth-order valence-corrected chi connectivity index (χ4v) is 4.13. The second-order valence-corrected chi connectivity index (χ2v) is 8.20. The zero-order valence-electron chi connectivity index (χ0n) is 16.4. The molecule has 146 valence electrons. The predicted octanol–water partition coefficient (Wildman–Crippen LogP) is 3.76. The summed E-state index contributed by atoms with van der Waals surface area (Å²) in [6.07, 6.45) is 0.147. The third-order valence-corrected chi connectivity index (χ3v) is 5.71. The highest BCUT2D eigenvalue weighted by atomic mass is 32.1. The molecular weight excluding hydrogens is 374 g/mol. The number of benzene rings is 1. The van der Waals surface area contributed by atoms with Gasteiger partial charge in [-0.1, -0.05) is 18.2 Å². The summed E-state index contributed by atoms with van der Waals surface area (Å²) in [6.45, 7) is 5.64. The van der Waals surface area contributed by atoms with E-state index in [-0.39, 0.29) is 35.8 Å². The minimum atomic E-state index is -0.344. The first-order valence-electron chi connectivity index (χ1n) is 9.03. The summed E-state index contributed by atoms with van der Waals surface area (Å²) in [6, 6.07) is 11.1. The van der Waals surface area contributed by atoms with Crippen molar-refractivity contribution in [3.8, 4) is 5.69 Å². The molecule has 1 aromatic carbocycles. The second kappa shape index (κ2) is 7.98. The number of thiophene rings is 1. The van der Waals surface area contributed by atoms with Crippen molar-refractivity contribution >= 4 is 28.7 Å². The van der Waals surface area contributed by atoms with Crippen LogP contribution >= 0.6 is 11.3 Å². The van der Waals surface area contributed by atoms with Gasteiger partial charge in [-0.3, -0.25) is 19.1 Å². The number of hydrogen-bond acceptors (Lipinski definition) is 4. The molecule has 28 heavy (non-hydrogen) atoms. The van der Waals surface area contributed by atoms with Gasteiger partial charge in [-0.25, -0.2) is 4.68 Å². The first kappa shape index (κ1) is 19.8. The second-order valence-electron chi connectivity index (χ2n) is 6.73. The number of amides is 1. The number of ketones is 1. The maximum atomic E-state index is 12.8. The lowest BCUT2D eigenvalue weighted by molar-refractivity contribution is -0.116. The number of Topliss-reactive ketones (excluding diaryl/α,β-unsaturated/α-hetero) is 1. The molecule has 0 spiro atoms. The van der Waals surface area contributed by atoms with E-state index in [1.807, 2.05) is 50.2 Å². The number of para-hydroxylation sites is 1. The van der Waals surface area contributed by atoms with Crippen LogP contribution in [0.2, 0.25) is 0 Å². The van der Waals surface area contributed by atoms with Crippen molar-refractivity contribution in [2.45, 2.75) is 33.6 Å². The summed E-state index contributed by atoms with van der Waals surface area (Å²) in [7, 11) is 1.77. The van der Waals surface area contributed by atoms with Gasteiger partial charge in [0.2, 0.25) is 5.91 Å². The summed E-state index contributed by atoms with van der Waals surface area (Å²) in [5.41, 5.74) is 1.99. The molecule has 3 aromatic rings. The number of rotatable bonds is 6. The molecule has 0 bridgehead atoms. The van der Waals surface area contributed by atoms with E-state index in [4.69, 9.17) is 0 Å². The van der Waals surface area contributed by atoms with Crippen LogP contribution in [0.25, 0.3) is 5.69 Å². The molecular formula is C21H23N3O3S. The summed E-state index contributed by atoms with van der Waals surface area (Å²) in [5, 5.41) is 2.69. The summed E-state index contributed by atoms with van der Waals surface area (Å²) in [5.74, 6) is -0.396. The van der Waals surface area contributed by atoms with E-state index >= 15 is 0 Å². The number of hydrogen-bond donors (Lipinski definition) is 1. The topological polar surface area (TPSA) is 73.1 Å². The number of carbonyl (C=O) groups is 2. The highest BCUT2D eigenvalue weighted by Gasteiger charge is 2.19. The van der Waals surface area contributed by atoms with Crippen LogP contribution in [-0.2, 0) is 11.8 Å². The number of aromatic nitrogens is 2. The van der Waals surface area contributed by atoms with E-state index in [0.29, 0.717) is 11.3 Å².